The zero-order chi connectivity index (χ0) is 20.8. The number of pyridine rings is 1. The number of aromatic nitrogens is 3. The number of anilines is 3. The first-order valence-corrected chi connectivity index (χ1v) is 9.19. The lowest BCUT2D eigenvalue weighted by atomic mass is 10.1. The van der Waals surface area contributed by atoms with Crippen LogP contribution >= 0.6 is 0 Å². The SMILES string of the molecule is C[C@@H]1COCCN1c1nc(-c2ccc(N)nc2C(F)(F)F)cc(N2CC(F)C2)n1. The number of morpholine rings is 1. The summed E-state index contributed by atoms with van der Waals surface area (Å²) in [6.07, 6.45) is -5.69. The number of hydrogen-bond acceptors (Lipinski definition) is 7. The summed E-state index contributed by atoms with van der Waals surface area (Å²) in [7, 11) is 0. The average Bonchev–Trinajstić information content (AvgIpc) is 2.65. The Hall–Kier alpha value is -2.69. The van der Waals surface area contributed by atoms with Crippen LogP contribution in [0.25, 0.3) is 11.3 Å². The van der Waals surface area contributed by atoms with Crippen molar-refractivity contribution in [3.63, 3.8) is 0 Å². The Kier molecular flexibility index (Phi) is 4.93. The first-order valence-electron chi connectivity index (χ1n) is 9.19. The van der Waals surface area contributed by atoms with Gasteiger partial charge in [-0.15, -0.1) is 0 Å². The Morgan fingerprint density at radius 2 is 1.93 bits per heavy atom. The van der Waals surface area contributed by atoms with E-state index < -0.39 is 18.0 Å². The molecule has 11 heteroatoms. The van der Waals surface area contributed by atoms with Crippen LogP contribution in [0.1, 0.15) is 12.6 Å². The van der Waals surface area contributed by atoms with E-state index in [1.807, 2.05) is 11.8 Å². The lowest BCUT2D eigenvalue weighted by Gasteiger charge is -2.37. The van der Waals surface area contributed by atoms with E-state index in [1.54, 1.807) is 4.90 Å². The van der Waals surface area contributed by atoms with Crippen molar-refractivity contribution in [3.05, 3.63) is 23.9 Å². The van der Waals surface area contributed by atoms with Crippen molar-refractivity contribution >= 4 is 17.6 Å². The van der Waals surface area contributed by atoms with E-state index in [2.05, 4.69) is 15.0 Å². The zero-order valence-corrected chi connectivity index (χ0v) is 15.7. The summed E-state index contributed by atoms with van der Waals surface area (Å²) in [5.74, 6) is 0.420. The predicted octanol–water partition coefficient (Wildman–Crippen LogP) is 2.52. The molecule has 0 aromatic carbocycles. The minimum atomic E-state index is -4.71. The molecule has 156 valence electrons. The quantitative estimate of drug-likeness (QED) is 0.776. The second-order valence-corrected chi connectivity index (χ2v) is 7.16. The molecule has 0 saturated carbocycles. The molecule has 7 nitrogen and oxygen atoms in total. The number of ether oxygens (including phenoxy) is 1. The fourth-order valence-corrected chi connectivity index (χ4v) is 3.38. The van der Waals surface area contributed by atoms with Gasteiger partial charge in [-0.1, -0.05) is 0 Å². The molecule has 2 fully saturated rings. The van der Waals surface area contributed by atoms with Gasteiger partial charge in [0, 0.05) is 18.2 Å². The Balaban J connectivity index is 1.83. The van der Waals surface area contributed by atoms with E-state index in [-0.39, 0.29) is 42.2 Å². The van der Waals surface area contributed by atoms with Gasteiger partial charge in [-0.2, -0.15) is 18.2 Å². The summed E-state index contributed by atoms with van der Waals surface area (Å²) in [6.45, 7) is 3.61. The summed E-state index contributed by atoms with van der Waals surface area (Å²) < 4.78 is 59.5. The Bertz CT molecular complexity index is 902. The van der Waals surface area contributed by atoms with Gasteiger partial charge in [0.2, 0.25) is 5.95 Å². The molecule has 0 bridgehead atoms. The second-order valence-electron chi connectivity index (χ2n) is 7.16. The molecule has 0 spiro atoms. The Morgan fingerprint density at radius 3 is 2.59 bits per heavy atom. The number of halogens is 4. The fraction of sp³-hybridized carbons (Fsp3) is 0.500. The molecule has 2 aromatic heterocycles. The van der Waals surface area contributed by atoms with Crippen molar-refractivity contribution < 1.29 is 22.3 Å². The van der Waals surface area contributed by atoms with Gasteiger partial charge in [-0.05, 0) is 19.1 Å². The van der Waals surface area contributed by atoms with Crippen LogP contribution in [-0.2, 0) is 10.9 Å². The highest BCUT2D eigenvalue weighted by molar-refractivity contribution is 5.69. The first-order chi connectivity index (χ1) is 13.7. The van der Waals surface area contributed by atoms with Crippen molar-refractivity contribution in [2.24, 2.45) is 0 Å². The van der Waals surface area contributed by atoms with Gasteiger partial charge in [0.15, 0.2) is 5.69 Å². The predicted molar refractivity (Wildman–Crippen MR) is 99.4 cm³/mol. The van der Waals surface area contributed by atoms with Gasteiger partial charge in [0.1, 0.15) is 17.8 Å². The number of nitrogens with zero attached hydrogens (tertiary/aromatic N) is 5. The van der Waals surface area contributed by atoms with Crippen molar-refractivity contribution in [1.29, 1.82) is 0 Å². The maximum absolute atomic E-state index is 13.6. The van der Waals surface area contributed by atoms with Crippen molar-refractivity contribution in [3.8, 4) is 11.3 Å². The summed E-state index contributed by atoms with van der Waals surface area (Å²) >= 11 is 0. The van der Waals surface area contributed by atoms with Gasteiger partial charge in [0.25, 0.3) is 0 Å². The molecule has 0 aliphatic carbocycles. The second kappa shape index (κ2) is 7.29. The molecule has 29 heavy (non-hydrogen) atoms. The Labute approximate surface area is 164 Å². The lowest BCUT2D eigenvalue weighted by Crippen LogP contribution is -2.49. The maximum Gasteiger partial charge on any atom is 0.434 e. The minimum Gasteiger partial charge on any atom is -0.384 e. The number of hydrogen-bond donors (Lipinski definition) is 1. The van der Waals surface area contributed by atoms with E-state index in [9.17, 15) is 17.6 Å². The minimum absolute atomic E-state index is 0.0520. The molecule has 0 unspecified atom stereocenters. The van der Waals surface area contributed by atoms with Crippen LogP contribution in [0, 0.1) is 0 Å². The number of rotatable bonds is 3. The highest BCUT2D eigenvalue weighted by atomic mass is 19.4. The summed E-state index contributed by atoms with van der Waals surface area (Å²) in [5.41, 5.74) is 4.22. The third-order valence-corrected chi connectivity index (χ3v) is 4.95. The summed E-state index contributed by atoms with van der Waals surface area (Å²) in [4.78, 5) is 15.9. The highest BCUT2D eigenvalue weighted by Crippen LogP contribution is 2.37. The van der Waals surface area contributed by atoms with E-state index in [1.165, 1.54) is 18.2 Å². The third-order valence-electron chi connectivity index (χ3n) is 4.95. The largest absolute Gasteiger partial charge is 0.434 e. The van der Waals surface area contributed by atoms with Crippen LogP contribution in [0.2, 0.25) is 0 Å². The van der Waals surface area contributed by atoms with Gasteiger partial charge < -0.3 is 20.3 Å². The molecular formula is C18H20F4N6O. The van der Waals surface area contributed by atoms with Crippen LogP contribution < -0.4 is 15.5 Å². The number of nitrogen functional groups attached to an aromatic ring is 1. The molecule has 0 amide bonds. The topological polar surface area (TPSA) is 80.4 Å². The van der Waals surface area contributed by atoms with Crippen LogP contribution in [0.3, 0.4) is 0 Å². The summed E-state index contributed by atoms with van der Waals surface area (Å²) in [5, 5.41) is 0. The van der Waals surface area contributed by atoms with Crippen molar-refractivity contribution in [1.82, 2.24) is 15.0 Å². The van der Waals surface area contributed by atoms with Crippen LogP contribution in [0.15, 0.2) is 18.2 Å². The smallest absolute Gasteiger partial charge is 0.384 e. The molecule has 1 atom stereocenters. The molecule has 2 N–H and O–H groups in total. The molecule has 2 aliphatic rings. The van der Waals surface area contributed by atoms with Crippen LogP contribution in [-0.4, -0.2) is 60.0 Å². The van der Waals surface area contributed by atoms with Gasteiger partial charge >= 0.3 is 6.18 Å². The number of alkyl halides is 4. The van der Waals surface area contributed by atoms with Gasteiger partial charge in [-0.3, -0.25) is 0 Å². The first kappa shape index (κ1) is 19.6. The maximum atomic E-state index is 13.6. The lowest BCUT2D eigenvalue weighted by molar-refractivity contribution is -0.140. The number of nitrogens with two attached hydrogens (primary N) is 1. The van der Waals surface area contributed by atoms with Gasteiger partial charge in [-0.25, -0.2) is 14.4 Å². The average molecular weight is 412 g/mol. The molecule has 2 aliphatic heterocycles. The monoisotopic (exact) mass is 412 g/mol. The molecule has 4 heterocycles. The van der Waals surface area contributed by atoms with Crippen molar-refractivity contribution in [2.45, 2.75) is 25.3 Å². The molecule has 2 aromatic rings. The van der Waals surface area contributed by atoms with E-state index >= 15 is 0 Å². The highest BCUT2D eigenvalue weighted by Gasteiger charge is 2.37. The molecule has 0 radical (unpaired) electrons. The van der Waals surface area contributed by atoms with Crippen LogP contribution in [0.4, 0.5) is 35.1 Å². The Morgan fingerprint density at radius 1 is 1.17 bits per heavy atom. The van der Waals surface area contributed by atoms with Crippen LogP contribution in [0.5, 0.6) is 0 Å². The van der Waals surface area contributed by atoms with E-state index in [0.717, 1.165) is 0 Å². The molecule has 4 rings (SSSR count). The van der Waals surface area contributed by atoms with E-state index in [4.69, 9.17) is 10.5 Å². The van der Waals surface area contributed by atoms with E-state index in [0.29, 0.717) is 25.6 Å². The summed E-state index contributed by atoms with van der Waals surface area (Å²) in [6, 6.07) is 3.93. The van der Waals surface area contributed by atoms with Gasteiger partial charge in [0.05, 0.1) is 38.0 Å². The standard InChI is InChI=1S/C18H20F4N6O/c1-10-9-29-5-4-28(10)17-24-13(6-15(26-17)27-7-11(19)8-27)12-2-3-14(23)25-16(12)18(20,21)22/h2-3,6,10-11H,4-5,7-9H2,1H3,(H2,23,25)/t10-/m1/s1. The fourth-order valence-electron chi connectivity index (χ4n) is 3.38. The van der Waals surface area contributed by atoms with Crippen molar-refractivity contribution in [2.75, 3.05) is 48.4 Å². The molecule has 2 saturated heterocycles. The normalized spacial score (nSPS) is 20.7. The molecular weight excluding hydrogens is 392 g/mol. The zero-order valence-electron chi connectivity index (χ0n) is 15.7. The third kappa shape index (κ3) is 3.91.